The maximum absolute atomic E-state index is 13.5. The minimum atomic E-state index is -4.24. The number of amides is 5. The number of nitrogens with one attached hydrogen (secondary N) is 6. The van der Waals surface area contributed by atoms with Gasteiger partial charge in [-0.15, -0.1) is 25.6 Å². The van der Waals surface area contributed by atoms with Crippen LogP contribution >= 0.6 is 60.2 Å². The zero-order chi connectivity index (χ0) is 70.0. The molecule has 98 heavy (non-hydrogen) atoms. The molecule has 6 fully saturated rings. The molecule has 2 unspecified atom stereocenters. The summed E-state index contributed by atoms with van der Waals surface area (Å²) in [5.41, 5.74) is -2.58. The number of aromatic nitrogens is 2. The van der Waals surface area contributed by atoms with E-state index < -0.39 is 111 Å². The number of ether oxygens (including phenoxy) is 6. The smallest absolute Gasteiger partial charge is 0.411 e. The second-order valence-corrected chi connectivity index (χ2v) is 32.6. The van der Waals surface area contributed by atoms with Crippen LogP contribution in [0.5, 0.6) is 29.0 Å². The second-order valence-electron chi connectivity index (χ2n) is 24.6. The summed E-state index contributed by atoms with van der Waals surface area (Å²) in [6, 6.07) is 14.2. The summed E-state index contributed by atoms with van der Waals surface area (Å²) >= 11 is 10.2. The predicted octanol–water partition coefficient (Wildman–Crippen LogP) is 8.14. The Morgan fingerprint density at radius 2 is 1.27 bits per heavy atom. The molecule has 6 aliphatic rings. The molecule has 2 aliphatic heterocycles. The van der Waals surface area contributed by atoms with Crippen molar-refractivity contribution >= 4 is 142 Å². The van der Waals surface area contributed by atoms with Crippen molar-refractivity contribution in [2.24, 2.45) is 11.8 Å². The highest BCUT2D eigenvalue weighted by molar-refractivity contribution is 9.11. The van der Waals surface area contributed by atoms with Crippen molar-refractivity contribution in [2.45, 2.75) is 150 Å². The normalized spacial score (nSPS) is 23.1. The van der Waals surface area contributed by atoms with E-state index in [9.17, 15) is 54.0 Å². The van der Waals surface area contributed by atoms with E-state index >= 15 is 0 Å². The molecular weight excluding hydrogens is 1560 g/mol. The van der Waals surface area contributed by atoms with Crippen LogP contribution in [0.1, 0.15) is 93.4 Å². The van der Waals surface area contributed by atoms with Crippen LogP contribution in [-0.4, -0.2) is 162 Å². The number of benzene rings is 3. The van der Waals surface area contributed by atoms with E-state index in [0.29, 0.717) is 113 Å². The van der Waals surface area contributed by atoms with Gasteiger partial charge < -0.3 is 49.4 Å². The first kappa shape index (κ1) is 78.7. The SMILES string of the molecule is C.C=CC1C[C@]1(NC(=O)[C@@H]1C[C@@H](Oc2cc(OCC)nc3c(Br)c(OC)ccc23)CN1)C(=O)NS(=O)(=O)C1CC1.C=CC1C[C@]1(NC(=O)[C@@H]1C[C@H](OS(=O)(=O)c2ccc(Br)cc2)CN1C(=O)OC(C)(C)C)C(=O)NS(=O)(=O)C1CC1.CCOc1cc(=O)c2ccc(OC)c(Br)c2[nH]1.Cl. The van der Waals surface area contributed by atoms with E-state index in [1.807, 2.05) is 26.0 Å². The van der Waals surface area contributed by atoms with E-state index in [-0.39, 0.29) is 61.6 Å². The average Bonchev–Trinajstić information content (AvgIpc) is 1.63. The molecule has 0 spiro atoms. The summed E-state index contributed by atoms with van der Waals surface area (Å²) in [5, 5.41) is 8.72. The fourth-order valence-corrected chi connectivity index (χ4v) is 16.3. The summed E-state index contributed by atoms with van der Waals surface area (Å²) in [5.74, 6) is -0.964. The molecule has 11 rings (SSSR count). The van der Waals surface area contributed by atoms with Crippen LogP contribution in [0, 0.1) is 11.8 Å². The van der Waals surface area contributed by atoms with E-state index in [1.54, 1.807) is 59.3 Å². The monoisotopic (exact) mass is 1630 g/mol. The number of halogens is 4. The van der Waals surface area contributed by atoms with Gasteiger partial charge in [0.25, 0.3) is 21.9 Å². The minimum absolute atomic E-state index is 0. The zero-order valence-corrected chi connectivity index (χ0v) is 61.9. The Kier molecular flexibility index (Phi) is 25.3. The van der Waals surface area contributed by atoms with Crippen molar-refractivity contribution in [2.75, 3.05) is 40.5 Å². The molecule has 6 N–H and O–H groups in total. The largest absolute Gasteiger partial charge is 0.495 e. The molecule has 34 heteroatoms. The number of likely N-dealkylation sites (tertiary alicyclic amines) is 1. The van der Waals surface area contributed by atoms with Crippen molar-refractivity contribution in [3.8, 4) is 29.0 Å². The lowest BCUT2D eigenvalue weighted by molar-refractivity contribution is -0.131. The van der Waals surface area contributed by atoms with Crippen molar-refractivity contribution in [1.82, 2.24) is 40.3 Å². The molecule has 2 saturated heterocycles. The highest BCUT2D eigenvalue weighted by Gasteiger charge is 2.63. The number of hydrogen-bond acceptors (Lipinski definition) is 21. The van der Waals surface area contributed by atoms with Crippen LogP contribution in [0.2, 0.25) is 0 Å². The molecule has 27 nitrogen and oxygen atoms in total. The number of rotatable bonds is 23. The fourth-order valence-electron chi connectivity index (χ4n) is 11.0. The molecule has 5 amide bonds. The molecule has 2 aromatic heterocycles. The number of aromatic amines is 1. The van der Waals surface area contributed by atoms with Crippen LogP contribution in [0.4, 0.5) is 4.79 Å². The molecule has 5 aromatic rings. The van der Waals surface area contributed by atoms with Gasteiger partial charge in [0, 0.05) is 58.6 Å². The van der Waals surface area contributed by atoms with Gasteiger partial charge in [0.15, 0.2) is 11.3 Å². The van der Waals surface area contributed by atoms with Gasteiger partial charge in [-0.2, -0.15) is 8.42 Å². The summed E-state index contributed by atoms with van der Waals surface area (Å²) in [4.78, 5) is 86.3. The van der Waals surface area contributed by atoms with E-state index in [2.05, 4.69) is 96.3 Å². The van der Waals surface area contributed by atoms with E-state index in [0.717, 1.165) is 14.8 Å². The number of carbonyl (C=O) groups is 5. The highest BCUT2D eigenvalue weighted by Crippen LogP contribution is 2.47. The van der Waals surface area contributed by atoms with Crippen LogP contribution in [0.15, 0.2) is 109 Å². The Morgan fingerprint density at radius 1 is 0.724 bits per heavy atom. The number of hydrogen-bond donors (Lipinski definition) is 6. The maximum atomic E-state index is 13.5. The highest BCUT2D eigenvalue weighted by atomic mass is 79.9. The van der Waals surface area contributed by atoms with Gasteiger partial charge in [0.1, 0.15) is 46.1 Å². The summed E-state index contributed by atoms with van der Waals surface area (Å²) in [7, 11) is -8.71. The average molecular weight is 1640 g/mol. The lowest BCUT2D eigenvalue weighted by atomic mass is 10.1. The molecule has 4 aliphatic carbocycles. The third kappa shape index (κ3) is 18.1. The van der Waals surface area contributed by atoms with Gasteiger partial charge >= 0.3 is 6.09 Å². The van der Waals surface area contributed by atoms with Crippen molar-refractivity contribution in [3.05, 3.63) is 110 Å². The summed E-state index contributed by atoms with van der Waals surface area (Å²) < 4.78 is 120. The second kappa shape index (κ2) is 31.5. The standard InChI is InChI=1S/C26H31BrN4O7S.C25H32BrN3O9S2.C12H12BrNO3.CH4.ClH/c1-4-14-12-26(14,25(33)31-39(34,35)16-6-7-16)30-24(32)18-10-15(13-28-18)38-20-11-21(37-5-2)29-23-17(20)8-9-19(36-3)22(23)27;1-5-15-13-25(15,22(31)28-39(33,34)18-10-11-18)27-21(30)20-12-17(14-29(20)23(32)37-24(2,3)4)38-40(35,36)19-8-6-16(26)7-9-19;1-3-17-10-6-8(15)7-4-5-9(16-2)11(13)12(7)14-10;;/h4,8-9,11,14-16,18,28H,1,5-7,10,12-13H2,2-3H3,(H,30,32)(H,31,33);5-9,15,17-18,20H,1,10-14H2,2-4H3,(H,27,30)(H,28,31);4-6H,3H2,1-2H3,(H,14,15);1H4;1H/t14?,15-,18+,26-;15?,17-,20-,25+;;;/m10.../s1. The number of sulfonamides is 2. The van der Waals surface area contributed by atoms with Gasteiger partial charge in [-0.3, -0.25) is 42.5 Å². The van der Waals surface area contributed by atoms with Gasteiger partial charge in [-0.1, -0.05) is 35.5 Å². The molecule has 3 aromatic carbocycles. The van der Waals surface area contributed by atoms with E-state index in [1.165, 1.54) is 36.4 Å². The lowest BCUT2D eigenvalue weighted by Crippen LogP contribution is -2.56. The lowest BCUT2D eigenvalue weighted by Gasteiger charge is -2.29. The third-order valence-electron chi connectivity index (χ3n) is 16.5. The van der Waals surface area contributed by atoms with Gasteiger partial charge in [-0.05, 0) is 154 Å². The molecular formula is C64H80Br3ClN8O19S3. The summed E-state index contributed by atoms with van der Waals surface area (Å²) in [6.07, 6.45) is 3.20. The van der Waals surface area contributed by atoms with Crippen molar-refractivity contribution in [3.63, 3.8) is 0 Å². The zero-order valence-electron chi connectivity index (χ0n) is 53.9. The number of fused-ring (bicyclic) bond motifs is 2. The van der Waals surface area contributed by atoms with Crippen LogP contribution in [0.3, 0.4) is 0 Å². The number of methoxy groups -OCH3 is 2. The Labute approximate surface area is 600 Å². The van der Waals surface area contributed by atoms with Crippen LogP contribution < -0.4 is 54.5 Å². The Hall–Kier alpha value is -6.59. The number of H-pyrrole nitrogens is 1. The van der Waals surface area contributed by atoms with Gasteiger partial charge in [0.2, 0.25) is 37.7 Å². The van der Waals surface area contributed by atoms with Gasteiger partial charge in [0.05, 0.1) is 81.5 Å². The first-order chi connectivity index (χ1) is 45.3. The molecule has 0 radical (unpaired) electrons. The van der Waals surface area contributed by atoms with Crippen LogP contribution in [-0.2, 0) is 58.3 Å². The first-order valence-corrected chi connectivity index (χ1v) is 37.6. The molecule has 0 bridgehead atoms. The predicted molar refractivity (Wildman–Crippen MR) is 378 cm³/mol. The Morgan fingerprint density at radius 3 is 1.78 bits per heavy atom. The topological polar surface area (TPSA) is 362 Å². The van der Waals surface area contributed by atoms with Crippen molar-refractivity contribution < 1.29 is 81.8 Å². The minimum Gasteiger partial charge on any atom is -0.495 e. The number of pyridine rings is 2. The van der Waals surface area contributed by atoms with Gasteiger partial charge in [-0.25, -0.2) is 26.6 Å². The summed E-state index contributed by atoms with van der Waals surface area (Å²) in [6.45, 7) is 17.1. The Bertz CT molecular complexity index is 4290. The fraction of sp³-hybridized carbons (Fsp3) is 0.484. The molecule has 536 valence electrons. The van der Waals surface area contributed by atoms with E-state index in [4.69, 9.17) is 32.6 Å². The molecule has 4 heterocycles. The molecule has 4 saturated carbocycles. The quantitative estimate of drug-likeness (QED) is 0.0265. The maximum Gasteiger partial charge on any atom is 0.411 e. The number of nitrogens with zero attached hydrogens (tertiary/aromatic N) is 2. The van der Waals surface area contributed by atoms with Crippen LogP contribution in [0.25, 0.3) is 21.8 Å². The van der Waals surface area contributed by atoms with Crippen molar-refractivity contribution in [1.29, 1.82) is 0 Å². The third-order valence-corrected chi connectivity index (χ3v) is 23.6. The molecule has 8 atom stereocenters. The first-order valence-electron chi connectivity index (χ1n) is 30.7. The Balaban J connectivity index is 0.000000220. The number of carbonyl (C=O) groups excluding carboxylic acids is 5.